The van der Waals surface area contributed by atoms with E-state index < -0.39 is 0 Å². The van der Waals surface area contributed by atoms with Crippen molar-refractivity contribution in [2.24, 2.45) is 7.05 Å². The van der Waals surface area contributed by atoms with E-state index in [1.54, 1.807) is 12.1 Å². The van der Waals surface area contributed by atoms with Gasteiger partial charge in [0.15, 0.2) is 0 Å². The van der Waals surface area contributed by atoms with Crippen LogP contribution in [0.25, 0.3) is 22.4 Å². The molecule has 0 unspecified atom stereocenters. The highest BCUT2D eigenvalue weighted by Gasteiger charge is 2.13. The minimum Gasteiger partial charge on any atom is -0.396 e. The lowest BCUT2D eigenvalue weighted by Gasteiger charge is -2.06. The Morgan fingerprint density at radius 3 is 2.35 bits per heavy atom. The van der Waals surface area contributed by atoms with Gasteiger partial charge in [0, 0.05) is 17.6 Å². The molecule has 0 aliphatic heterocycles. The highest BCUT2D eigenvalue weighted by atomic mass is 35.5. The molecular weight excluding hydrogens is 317 g/mol. The number of hydrogen-bond donors (Lipinski definition) is 1. The van der Waals surface area contributed by atoms with Crippen LogP contribution in [0.15, 0.2) is 30.3 Å². The van der Waals surface area contributed by atoms with Crippen LogP contribution in [-0.4, -0.2) is 9.55 Å². The van der Waals surface area contributed by atoms with Crippen molar-refractivity contribution in [1.29, 1.82) is 0 Å². The summed E-state index contributed by atoms with van der Waals surface area (Å²) >= 11 is 18.1. The molecule has 1 heterocycles. The maximum absolute atomic E-state index is 6.08. The van der Waals surface area contributed by atoms with Gasteiger partial charge in [0.2, 0.25) is 0 Å². The van der Waals surface area contributed by atoms with Crippen molar-refractivity contribution in [2.45, 2.75) is 0 Å². The van der Waals surface area contributed by atoms with Crippen LogP contribution in [0.2, 0.25) is 15.1 Å². The van der Waals surface area contributed by atoms with Crippen LogP contribution >= 0.6 is 34.8 Å². The summed E-state index contributed by atoms with van der Waals surface area (Å²) in [5.41, 5.74) is 8.74. The second-order valence-corrected chi connectivity index (χ2v) is 5.73. The number of nitrogens with two attached hydrogens (primary N) is 1. The van der Waals surface area contributed by atoms with Crippen LogP contribution in [0.5, 0.6) is 0 Å². The topological polar surface area (TPSA) is 43.8 Å². The molecule has 3 rings (SSSR count). The molecule has 3 nitrogen and oxygen atoms in total. The fourth-order valence-electron chi connectivity index (χ4n) is 2.14. The fourth-order valence-corrected chi connectivity index (χ4v) is 2.80. The molecule has 0 fully saturated rings. The van der Waals surface area contributed by atoms with Crippen molar-refractivity contribution in [3.63, 3.8) is 0 Å². The Kier molecular flexibility index (Phi) is 3.28. The average Bonchev–Trinajstić information content (AvgIpc) is 2.72. The predicted molar refractivity (Wildman–Crippen MR) is 85.6 cm³/mol. The van der Waals surface area contributed by atoms with Gasteiger partial charge in [0.25, 0.3) is 0 Å². The van der Waals surface area contributed by atoms with Crippen LogP contribution in [0.4, 0.5) is 5.69 Å². The van der Waals surface area contributed by atoms with Crippen LogP contribution in [0.3, 0.4) is 0 Å². The highest BCUT2D eigenvalue weighted by Crippen LogP contribution is 2.34. The molecule has 0 atom stereocenters. The number of anilines is 1. The van der Waals surface area contributed by atoms with Gasteiger partial charge in [0.05, 0.1) is 26.8 Å². The molecule has 0 saturated carbocycles. The van der Waals surface area contributed by atoms with Crippen molar-refractivity contribution in [2.75, 3.05) is 5.73 Å². The van der Waals surface area contributed by atoms with Gasteiger partial charge in [-0.15, -0.1) is 0 Å². The van der Waals surface area contributed by atoms with Crippen molar-refractivity contribution < 1.29 is 0 Å². The molecule has 102 valence electrons. The molecule has 6 heteroatoms. The van der Waals surface area contributed by atoms with Gasteiger partial charge in [-0.1, -0.05) is 34.8 Å². The van der Waals surface area contributed by atoms with Crippen LogP contribution in [0, 0.1) is 0 Å². The number of halogens is 3. The molecule has 20 heavy (non-hydrogen) atoms. The number of nitrogens with zero attached hydrogens (tertiary/aromatic N) is 2. The first-order valence-electron chi connectivity index (χ1n) is 5.84. The standard InChI is InChI=1S/C14H10Cl3N3/c1-20-12-3-2-8(15)6-11(12)19-14(20)7-4-9(16)13(18)10(17)5-7/h2-6H,18H2,1H3. The summed E-state index contributed by atoms with van der Waals surface area (Å²) < 4.78 is 1.96. The van der Waals surface area contributed by atoms with Crippen molar-refractivity contribution in [3.05, 3.63) is 45.4 Å². The quantitative estimate of drug-likeness (QED) is 0.654. The first-order chi connectivity index (χ1) is 9.47. The normalized spacial score (nSPS) is 11.2. The third-order valence-corrected chi connectivity index (χ3v) is 4.04. The molecule has 0 bridgehead atoms. The first kappa shape index (κ1) is 13.6. The minimum absolute atomic E-state index is 0.374. The number of fused-ring (bicyclic) bond motifs is 1. The van der Waals surface area contributed by atoms with Gasteiger partial charge in [-0.2, -0.15) is 0 Å². The lowest BCUT2D eigenvalue weighted by molar-refractivity contribution is 0.959. The highest BCUT2D eigenvalue weighted by molar-refractivity contribution is 6.39. The van der Waals surface area contributed by atoms with E-state index in [-0.39, 0.29) is 0 Å². The summed E-state index contributed by atoms with van der Waals surface area (Å²) in [4.78, 5) is 4.58. The fraction of sp³-hybridized carbons (Fsp3) is 0.0714. The van der Waals surface area contributed by atoms with Gasteiger partial charge in [-0.3, -0.25) is 0 Å². The lowest BCUT2D eigenvalue weighted by Crippen LogP contribution is -1.94. The Labute approximate surface area is 130 Å². The molecule has 0 spiro atoms. The number of aromatic nitrogens is 2. The number of benzene rings is 2. The summed E-state index contributed by atoms with van der Waals surface area (Å²) in [6.07, 6.45) is 0. The zero-order valence-corrected chi connectivity index (χ0v) is 12.8. The second kappa shape index (κ2) is 4.85. The van der Waals surface area contributed by atoms with E-state index in [1.165, 1.54) is 0 Å². The van der Waals surface area contributed by atoms with E-state index in [1.807, 2.05) is 29.8 Å². The summed E-state index contributed by atoms with van der Waals surface area (Å²) in [5.74, 6) is 0.756. The van der Waals surface area contributed by atoms with E-state index >= 15 is 0 Å². The van der Waals surface area contributed by atoms with Gasteiger partial charge in [-0.25, -0.2) is 4.98 Å². The molecule has 2 N–H and O–H groups in total. The smallest absolute Gasteiger partial charge is 0.140 e. The number of imidazole rings is 1. The largest absolute Gasteiger partial charge is 0.396 e. The third kappa shape index (κ3) is 2.12. The SMILES string of the molecule is Cn1c(-c2cc(Cl)c(N)c(Cl)c2)nc2cc(Cl)ccc21. The number of rotatable bonds is 1. The molecule has 0 aliphatic rings. The number of nitrogen functional groups attached to an aromatic ring is 1. The molecule has 0 radical (unpaired) electrons. The average molecular weight is 327 g/mol. The summed E-state index contributed by atoms with van der Waals surface area (Å²) in [5, 5.41) is 1.48. The van der Waals surface area contributed by atoms with Gasteiger partial charge in [0.1, 0.15) is 5.82 Å². The van der Waals surface area contributed by atoms with E-state index in [2.05, 4.69) is 4.98 Å². The Hall–Kier alpha value is -1.42. The maximum atomic E-state index is 6.08. The van der Waals surface area contributed by atoms with Crippen LogP contribution in [-0.2, 0) is 7.05 Å². The molecule has 0 aliphatic carbocycles. The minimum atomic E-state index is 0.374. The molecule has 3 aromatic rings. The number of aryl methyl sites for hydroxylation is 1. The molecule has 2 aromatic carbocycles. The van der Waals surface area contributed by atoms with E-state index in [0.717, 1.165) is 22.4 Å². The van der Waals surface area contributed by atoms with Crippen molar-refractivity contribution >= 4 is 51.5 Å². The zero-order chi connectivity index (χ0) is 14.4. The summed E-state index contributed by atoms with van der Waals surface area (Å²) in [6, 6.07) is 9.09. The van der Waals surface area contributed by atoms with E-state index in [0.29, 0.717) is 20.8 Å². The second-order valence-electron chi connectivity index (χ2n) is 4.48. The molecule has 1 aromatic heterocycles. The Morgan fingerprint density at radius 1 is 1.05 bits per heavy atom. The van der Waals surface area contributed by atoms with Crippen LogP contribution < -0.4 is 5.73 Å². The molecule has 0 saturated heterocycles. The van der Waals surface area contributed by atoms with Crippen molar-refractivity contribution in [1.82, 2.24) is 9.55 Å². The predicted octanol–water partition coefficient (Wildman–Crippen LogP) is 4.78. The summed E-state index contributed by atoms with van der Waals surface area (Å²) in [7, 11) is 1.93. The van der Waals surface area contributed by atoms with E-state index in [9.17, 15) is 0 Å². The van der Waals surface area contributed by atoms with Gasteiger partial charge >= 0.3 is 0 Å². The maximum Gasteiger partial charge on any atom is 0.140 e. The third-order valence-electron chi connectivity index (χ3n) is 3.18. The molecular formula is C14H10Cl3N3. The monoisotopic (exact) mass is 325 g/mol. The van der Waals surface area contributed by atoms with Crippen LogP contribution in [0.1, 0.15) is 0 Å². The summed E-state index contributed by atoms with van der Waals surface area (Å²) in [6.45, 7) is 0. The van der Waals surface area contributed by atoms with Gasteiger partial charge < -0.3 is 10.3 Å². The van der Waals surface area contributed by atoms with Crippen molar-refractivity contribution in [3.8, 4) is 11.4 Å². The first-order valence-corrected chi connectivity index (χ1v) is 6.97. The Bertz CT molecular complexity index is 801. The van der Waals surface area contributed by atoms with E-state index in [4.69, 9.17) is 40.5 Å². The lowest BCUT2D eigenvalue weighted by atomic mass is 10.2. The Balaban J connectivity index is 2.27. The number of hydrogen-bond acceptors (Lipinski definition) is 2. The Morgan fingerprint density at radius 2 is 1.70 bits per heavy atom. The molecule has 0 amide bonds. The zero-order valence-electron chi connectivity index (χ0n) is 10.5. The van der Waals surface area contributed by atoms with Gasteiger partial charge in [-0.05, 0) is 30.3 Å².